The Hall–Kier alpha value is -3.18. The summed E-state index contributed by atoms with van der Waals surface area (Å²) in [5, 5.41) is 10.1. The maximum atomic E-state index is 12.5. The van der Waals surface area contributed by atoms with E-state index in [9.17, 15) is 4.79 Å². The number of rotatable bonds is 3. The minimum absolute atomic E-state index is 0.0152. The van der Waals surface area contributed by atoms with Crippen molar-refractivity contribution in [2.45, 2.75) is 12.3 Å². The summed E-state index contributed by atoms with van der Waals surface area (Å²) in [5.41, 5.74) is 4.00. The summed E-state index contributed by atoms with van der Waals surface area (Å²) in [5.74, 6) is 0.814. The van der Waals surface area contributed by atoms with Crippen molar-refractivity contribution in [3.63, 3.8) is 0 Å². The Morgan fingerprint density at radius 2 is 1.70 bits per heavy atom. The number of hydrogen-bond donors (Lipinski definition) is 1. The van der Waals surface area contributed by atoms with Crippen molar-refractivity contribution >= 4 is 23.1 Å². The number of thiophene rings is 1. The molecule has 2 aromatic heterocycles. The maximum absolute atomic E-state index is 12.5. The van der Waals surface area contributed by atoms with Gasteiger partial charge in [-0.3, -0.25) is 4.79 Å². The molecular formula is C22H17N3OS. The van der Waals surface area contributed by atoms with Crippen molar-refractivity contribution in [1.82, 2.24) is 9.78 Å². The number of hydrogen-bond acceptors (Lipinski definition) is 3. The summed E-state index contributed by atoms with van der Waals surface area (Å²) >= 11 is 1.69. The Balaban J connectivity index is 1.79. The lowest BCUT2D eigenvalue weighted by atomic mass is 9.88. The van der Waals surface area contributed by atoms with Gasteiger partial charge in [0.2, 0.25) is 5.91 Å². The molecule has 1 aliphatic rings. The first-order valence-corrected chi connectivity index (χ1v) is 9.76. The molecule has 1 atom stereocenters. The standard InChI is InChI=1S/C22H17N3OS/c26-19-14-17(18-12-7-13-27-18)20-21(15-8-3-1-4-9-15)24-25(22(20)23-19)16-10-5-2-6-11-16/h1-13,17H,14H2,(H,23,26)/t17-/m1/s1. The summed E-state index contributed by atoms with van der Waals surface area (Å²) in [6.07, 6.45) is 0.438. The molecule has 0 saturated carbocycles. The van der Waals surface area contributed by atoms with Gasteiger partial charge in [-0.05, 0) is 23.6 Å². The van der Waals surface area contributed by atoms with Gasteiger partial charge >= 0.3 is 0 Å². The van der Waals surface area contributed by atoms with Crippen molar-refractivity contribution in [2.75, 3.05) is 5.32 Å². The SMILES string of the molecule is O=C1C[C@H](c2cccs2)c2c(-c3ccccc3)nn(-c3ccccc3)c2N1. The van der Waals surface area contributed by atoms with Crippen LogP contribution in [0.4, 0.5) is 5.82 Å². The lowest BCUT2D eigenvalue weighted by Crippen LogP contribution is -2.24. The zero-order chi connectivity index (χ0) is 18.2. The van der Waals surface area contributed by atoms with Gasteiger partial charge in [0.15, 0.2) is 0 Å². The van der Waals surface area contributed by atoms with Gasteiger partial charge in [0.1, 0.15) is 5.82 Å². The molecule has 0 unspecified atom stereocenters. The normalized spacial score (nSPS) is 16.0. The van der Waals surface area contributed by atoms with Gasteiger partial charge in [-0.1, -0.05) is 54.6 Å². The highest BCUT2D eigenvalue weighted by Gasteiger charge is 2.34. The molecule has 0 spiro atoms. The third-order valence-electron chi connectivity index (χ3n) is 4.85. The minimum Gasteiger partial charge on any atom is -0.310 e. The molecule has 0 aliphatic carbocycles. The van der Waals surface area contributed by atoms with Crippen molar-refractivity contribution in [2.24, 2.45) is 0 Å². The second kappa shape index (κ2) is 6.52. The third kappa shape index (κ3) is 2.76. The van der Waals surface area contributed by atoms with Crippen molar-refractivity contribution in [3.05, 3.63) is 88.6 Å². The molecule has 0 fully saturated rings. The molecule has 5 rings (SSSR count). The van der Waals surface area contributed by atoms with E-state index in [1.165, 1.54) is 4.88 Å². The molecule has 4 nitrogen and oxygen atoms in total. The van der Waals surface area contributed by atoms with E-state index < -0.39 is 0 Å². The van der Waals surface area contributed by atoms with Crippen LogP contribution in [0.25, 0.3) is 16.9 Å². The summed E-state index contributed by atoms with van der Waals surface area (Å²) in [6.45, 7) is 0. The smallest absolute Gasteiger partial charge is 0.226 e. The molecule has 1 aliphatic heterocycles. The van der Waals surface area contributed by atoms with Gasteiger partial charge in [-0.2, -0.15) is 5.10 Å². The predicted octanol–water partition coefficient (Wildman–Crippen LogP) is 5.07. The number of amides is 1. The highest BCUT2D eigenvalue weighted by molar-refractivity contribution is 7.10. The lowest BCUT2D eigenvalue weighted by molar-refractivity contribution is -0.116. The first-order chi connectivity index (χ1) is 13.3. The van der Waals surface area contributed by atoms with E-state index in [0.29, 0.717) is 6.42 Å². The Morgan fingerprint density at radius 3 is 2.41 bits per heavy atom. The van der Waals surface area contributed by atoms with E-state index in [4.69, 9.17) is 5.10 Å². The van der Waals surface area contributed by atoms with Crippen LogP contribution in [0.3, 0.4) is 0 Å². The Labute approximate surface area is 161 Å². The fourth-order valence-corrected chi connectivity index (χ4v) is 4.49. The first-order valence-electron chi connectivity index (χ1n) is 8.88. The molecular weight excluding hydrogens is 354 g/mol. The van der Waals surface area contributed by atoms with Crippen LogP contribution in [0.1, 0.15) is 22.8 Å². The number of para-hydroxylation sites is 1. The van der Waals surface area contributed by atoms with Crippen LogP contribution in [0, 0.1) is 0 Å². The minimum atomic E-state index is 0.0152. The van der Waals surface area contributed by atoms with Gasteiger partial charge in [0, 0.05) is 28.3 Å². The third-order valence-corrected chi connectivity index (χ3v) is 5.84. The fourth-order valence-electron chi connectivity index (χ4n) is 3.65. The van der Waals surface area contributed by atoms with Crippen LogP contribution < -0.4 is 5.32 Å². The zero-order valence-electron chi connectivity index (χ0n) is 14.5. The summed E-state index contributed by atoms with van der Waals surface area (Å²) in [7, 11) is 0. The number of anilines is 1. The lowest BCUT2D eigenvalue weighted by Gasteiger charge is -2.23. The van der Waals surface area contributed by atoms with Gasteiger partial charge in [-0.15, -0.1) is 11.3 Å². The van der Waals surface area contributed by atoms with Gasteiger partial charge in [0.25, 0.3) is 0 Å². The average molecular weight is 371 g/mol. The van der Waals surface area contributed by atoms with Crippen LogP contribution in [-0.2, 0) is 4.79 Å². The van der Waals surface area contributed by atoms with Crippen molar-refractivity contribution < 1.29 is 4.79 Å². The number of benzene rings is 2. The number of nitrogens with one attached hydrogen (secondary N) is 1. The topological polar surface area (TPSA) is 46.9 Å². The summed E-state index contributed by atoms with van der Waals surface area (Å²) in [6, 6.07) is 24.3. The molecule has 1 amide bonds. The van der Waals surface area contributed by atoms with Gasteiger partial charge in [0.05, 0.1) is 11.4 Å². The average Bonchev–Trinajstić information content (AvgIpc) is 3.37. The number of aromatic nitrogens is 2. The Kier molecular flexibility index (Phi) is 3.87. The van der Waals surface area contributed by atoms with Gasteiger partial charge < -0.3 is 5.32 Å². The second-order valence-electron chi connectivity index (χ2n) is 6.54. The number of carbonyl (C=O) groups is 1. The highest BCUT2D eigenvalue weighted by atomic mass is 32.1. The van der Waals surface area contributed by atoms with E-state index in [0.717, 1.165) is 28.3 Å². The second-order valence-corrected chi connectivity index (χ2v) is 7.52. The van der Waals surface area contributed by atoms with Crippen LogP contribution in [0.5, 0.6) is 0 Å². The molecule has 2 aromatic carbocycles. The molecule has 4 aromatic rings. The molecule has 0 bridgehead atoms. The van der Waals surface area contributed by atoms with E-state index in [-0.39, 0.29) is 11.8 Å². The molecule has 3 heterocycles. The Bertz CT molecular complexity index is 1090. The van der Waals surface area contributed by atoms with E-state index in [2.05, 4.69) is 28.9 Å². The quantitative estimate of drug-likeness (QED) is 0.546. The first kappa shape index (κ1) is 16.0. The van der Waals surface area contributed by atoms with Gasteiger partial charge in [-0.25, -0.2) is 4.68 Å². The Morgan fingerprint density at radius 1 is 0.963 bits per heavy atom. The van der Waals surface area contributed by atoms with Crippen LogP contribution >= 0.6 is 11.3 Å². The zero-order valence-corrected chi connectivity index (χ0v) is 15.3. The number of carbonyl (C=O) groups excluding carboxylic acids is 1. The molecule has 0 saturated heterocycles. The van der Waals surface area contributed by atoms with Crippen LogP contribution in [0.2, 0.25) is 0 Å². The molecule has 5 heteroatoms. The maximum Gasteiger partial charge on any atom is 0.226 e. The highest BCUT2D eigenvalue weighted by Crippen LogP contribution is 2.44. The van der Waals surface area contributed by atoms with Crippen molar-refractivity contribution in [3.8, 4) is 16.9 Å². The van der Waals surface area contributed by atoms with Crippen LogP contribution in [0.15, 0.2) is 78.2 Å². The molecule has 0 radical (unpaired) electrons. The predicted molar refractivity (Wildman–Crippen MR) is 108 cm³/mol. The van der Waals surface area contributed by atoms with Crippen molar-refractivity contribution in [1.29, 1.82) is 0 Å². The van der Waals surface area contributed by atoms with Crippen LogP contribution in [-0.4, -0.2) is 15.7 Å². The monoisotopic (exact) mass is 371 g/mol. The molecule has 132 valence electrons. The molecule has 27 heavy (non-hydrogen) atoms. The van der Waals surface area contributed by atoms with E-state index >= 15 is 0 Å². The van der Waals surface area contributed by atoms with E-state index in [1.807, 2.05) is 59.3 Å². The van der Waals surface area contributed by atoms with E-state index in [1.54, 1.807) is 11.3 Å². The number of fused-ring (bicyclic) bond motifs is 1. The molecule has 1 N–H and O–H groups in total. The summed E-state index contributed by atoms with van der Waals surface area (Å²) in [4.78, 5) is 13.7. The number of nitrogens with zero attached hydrogens (tertiary/aromatic N) is 2. The largest absolute Gasteiger partial charge is 0.310 e. The fraction of sp³-hybridized carbons (Fsp3) is 0.0909. The summed E-state index contributed by atoms with van der Waals surface area (Å²) < 4.78 is 1.86.